The van der Waals surface area contributed by atoms with Gasteiger partial charge in [0.15, 0.2) is 0 Å². The van der Waals surface area contributed by atoms with E-state index in [-0.39, 0.29) is 12.2 Å². The second kappa shape index (κ2) is 6.68. The monoisotopic (exact) mass is 276 g/mol. The molecule has 1 fully saturated rings. The number of rotatable bonds is 7. The molecule has 1 saturated heterocycles. The van der Waals surface area contributed by atoms with Crippen molar-refractivity contribution >= 4 is 12.0 Å². The van der Waals surface area contributed by atoms with E-state index in [2.05, 4.69) is 0 Å². The fourth-order valence-electron chi connectivity index (χ4n) is 1.87. The first-order valence-electron chi connectivity index (χ1n) is 6.81. The molecule has 0 aromatic heterocycles. The first-order valence-corrected chi connectivity index (χ1v) is 6.81. The van der Waals surface area contributed by atoms with Crippen molar-refractivity contribution in [3.05, 3.63) is 41.5 Å². The van der Waals surface area contributed by atoms with Gasteiger partial charge in [0.2, 0.25) is 0 Å². The summed E-state index contributed by atoms with van der Waals surface area (Å²) in [5.74, 6) is -1.33. The molecule has 0 spiro atoms. The second-order valence-corrected chi connectivity index (χ2v) is 5.05. The van der Waals surface area contributed by atoms with Crippen LogP contribution in [0.25, 0.3) is 6.08 Å². The Morgan fingerprint density at radius 1 is 1.50 bits per heavy atom. The molecule has 1 aromatic rings. The molecule has 1 aromatic carbocycles. The van der Waals surface area contributed by atoms with E-state index in [4.69, 9.17) is 14.6 Å². The Balaban J connectivity index is 2.05. The van der Waals surface area contributed by atoms with Crippen LogP contribution in [-0.2, 0) is 14.3 Å². The van der Waals surface area contributed by atoms with Crippen LogP contribution >= 0.6 is 0 Å². The molecule has 0 aliphatic carbocycles. The van der Waals surface area contributed by atoms with Crippen molar-refractivity contribution in [3.8, 4) is 0 Å². The summed E-state index contributed by atoms with van der Waals surface area (Å²) in [6.45, 7) is 5.04. The molecule has 4 nitrogen and oxygen atoms in total. The van der Waals surface area contributed by atoms with E-state index in [1.54, 1.807) is 13.0 Å². The van der Waals surface area contributed by atoms with Gasteiger partial charge in [-0.1, -0.05) is 36.4 Å². The number of benzene rings is 1. The summed E-state index contributed by atoms with van der Waals surface area (Å²) in [6, 6.07) is 7.86. The lowest BCUT2D eigenvalue weighted by atomic mass is 10.0. The first-order chi connectivity index (χ1) is 9.58. The molecule has 2 unspecified atom stereocenters. The highest BCUT2D eigenvalue weighted by Crippen LogP contribution is 2.24. The lowest BCUT2D eigenvalue weighted by Crippen LogP contribution is -2.08. The fraction of sp³-hybridized carbons (Fsp3) is 0.438. The molecule has 1 heterocycles. The van der Waals surface area contributed by atoms with Crippen molar-refractivity contribution in [2.24, 2.45) is 5.92 Å². The van der Waals surface area contributed by atoms with E-state index in [9.17, 15) is 4.79 Å². The molecule has 0 saturated carbocycles. The zero-order chi connectivity index (χ0) is 14.5. The van der Waals surface area contributed by atoms with Gasteiger partial charge in [0.05, 0.1) is 25.2 Å². The topological polar surface area (TPSA) is 59.1 Å². The lowest BCUT2D eigenvalue weighted by Gasteiger charge is -2.15. The SMILES string of the molecule is CC(C=Cc1ccccc1[C@@H](C)OCC1CO1)C(=O)O. The molecule has 108 valence electrons. The molecular weight excluding hydrogens is 256 g/mol. The Labute approximate surface area is 119 Å². The van der Waals surface area contributed by atoms with E-state index in [1.165, 1.54) is 0 Å². The third-order valence-corrected chi connectivity index (χ3v) is 3.32. The van der Waals surface area contributed by atoms with Gasteiger partial charge in [0.1, 0.15) is 6.10 Å². The summed E-state index contributed by atoms with van der Waals surface area (Å²) < 4.78 is 10.9. The van der Waals surface area contributed by atoms with Crippen LogP contribution in [0.2, 0.25) is 0 Å². The lowest BCUT2D eigenvalue weighted by molar-refractivity contribution is -0.139. The normalized spacial score (nSPS) is 20.8. The number of hydrogen-bond donors (Lipinski definition) is 1. The van der Waals surface area contributed by atoms with Gasteiger partial charge in [-0.05, 0) is 25.0 Å². The van der Waals surface area contributed by atoms with E-state index in [0.29, 0.717) is 6.61 Å². The summed E-state index contributed by atoms with van der Waals surface area (Å²) in [5, 5.41) is 8.90. The van der Waals surface area contributed by atoms with Gasteiger partial charge in [-0.15, -0.1) is 0 Å². The van der Waals surface area contributed by atoms with Gasteiger partial charge in [-0.25, -0.2) is 0 Å². The van der Waals surface area contributed by atoms with Crippen LogP contribution in [0.1, 0.15) is 31.1 Å². The summed E-state index contributed by atoms with van der Waals surface area (Å²) >= 11 is 0. The minimum Gasteiger partial charge on any atom is -0.481 e. The predicted octanol–water partition coefficient (Wildman–Crippen LogP) is 2.90. The molecule has 1 N–H and O–H groups in total. The van der Waals surface area contributed by atoms with Crippen molar-refractivity contribution in [1.82, 2.24) is 0 Å². The largest absolute Gasteiger partial charge is 0.481 e. The Hall–Kier alpha value is -1.65. The quantitative estimate of drug-likeness (QED) is 0.778. The molecule has 3 atom stereocenters. The van der Waals surface area contributed by atoms with Crippen LogP contribution in [0.15, 0.2) is 30.3 Å². The van der Waals surface area contributed by atoms with Crippen molar-refractivity contribution < 1.29 is 19.4 Å². The predicted molar refractivity (Wildman–Crippen MR) is 76.4 cm³/mol. The van der Waals surface area contributed by atoms with Crippen LogP contribution in [-0.4, -0.2) is 30.4 Å². The van der Waals surface area contributed by atoms with E-state index >= 15 is 0 Å². The highest BCUT2D eigenvalue weighted by atomic mass is 16.6. The third-order valence-electron chi connectivity index (χ3n) is 3.32. The Morgan fingerprint density at radius 2 is 2.20 bits per heavy atom. The summed E-state index contributed by atoms with van der Waals surface area (Å²) in [5.41, 5.74) is 2.05. The maximum atomic E-state index is 10.8. The number of carboxylic acid groups (broad SMARTS) is 1. The van der Waals surface area contributed by atoms with E-state index in [0.717, 1.165) is 17.7 Å². The highest BCUT2D eigenvalue weighted by Gasteiger charge is 2.24. The molecule has 4 heteroatoms. The van der Waals surface area contributed by atoms with Crippen molar-refractivity contribution in [2.75, 3.05) is 13.2 Å². The number of carbonyl (C=O) groups is 1. The minimum absolute atomic E-state index is 0.0415. The molecule has 1 aliphatic rings. The standard InChI is InChI=1S/C16H20O4/c1-11(16(17)18)7-8-13-5-3-4-6-15(13)12(2)19-9-14-10-20-14/h3-8,11-12,14H,9-10H2,1-2H3,(H,17,18)/t11?,12-,14?/m1/s1. The number of aliphatic carboxylic acids is 1. The van der Waals surface area contributed by atoms with Crippen LogP contribution < -0.4 is 0 Å². The minimum atomic E-state index is -0.825. The smallest absolute Gasteiger partial charge is 0.310 e. The Bertz CT molecular complexity index is 491. The van der Waals surface area contributed by atoms with Crippen LogP contribution in [0, 0.1) is 5.92 Å². The molecule has 0 bridgehead atoms. The van der Waals surface area contributed by atoms with Gasteiger partial charge < -0.3 is 14.6 Å². The van der Waals surface area contributed by atoms with Crippen molar-refractivity contribution in [1.29, 1.82) is 0 Å². The Kier molecular flexibility index (Phi) is 4.93. The zero-order valence-corrected chi connectivity index (χ0v) is 11.8. The highest BCUT2D eigenvalue weighted by molar-refractivity contribution is 5.73. The first kappa shape index (κ1) is 14.8. The van der Waals surface area contributed by atoms with Gasteiger partial charge in [0.25, 0.3) is 0 Å². The summed E-state index contributed by atoms with van der Waals surface area (Å²) in [7, 11) is 0. The number of carboxylic acids is 1. The van der Waals surface area contributed by atoms with Crippen LogP contribution in [0.3, 0.4) is 0 Å². The Morgan fingerprint density at radius 3 is 2.85 bits per heavy atom. The molecule has 0 amide bonds. The average molecular weight is 276 g/mol. The van der Waals surface area contributed by atoms with Crippen molar-refractivity contribution in [3.63, 3.8) is 0 Å². The second-order valence-electron chi connectivity index (χ2n) is 5.05. The molecule has 2 rings (SSSR count). The van der Waals surface area contributed by atoms with Crippen molar-refractivity contribution in [2.45, 2.75) is 26.1 Å². The third kappa shape index (κ3) is 4.18. The number of epoxide rings is 1. The molecule has 1 aliphatic heterocycles. The summed E-state index contributed by atoms with van der Waals surface area (Å²) in [6.07, 6.45) is 3.74. The van der Waals surface area contributed by atoms with Crippen LogP contribution in [0.5, 0.6) is 0 Å². The zero-order valence-electron chi connectivity index (χ0n) is 11.8. The van der Waals surface area contributed by atoms with E-state index in [1.807, 2.05) is 37.3 Å². The molecular formula is C16H20O4. The fourth-order valence-corrected chi connectivity index (χ4v) is 1.87. The maximum Gasteiger partial charge on any atom is 0.310 e. The number of ether oxygens (including phenoxy) is 2. The van der Waals surface area contributed by atoms with Gasteiger partial charge >= 0.3 is 5.97 Å². The van der Waals surface area contributed by atoms with Gasteiger partial charge in [0, 0.05) is 0 Å². The average Bonchev–Trinajstić information content (AvgIpc) is 3.26. The molecule has 0 radical (unpaired) electrons. The molecule has 20 heavy (non-hydrogen) atoms. The maximum absolute atomic E-state index is 10.8. The summed E-state index contributed by atoms with van der Waals surface area (Å²) in [4.78, 5) is 10.8. The van der Waals surface area contributed by atoms with Gasteiger partial charge in [-0.3, -0.25) is 4.79 Å². The van der Waals surface area contributed by atoms with E-state index < -0.39 is 11.9 Å². The van der Waals surface area contributed by atoms with Gasteiger partial charge in [-0.2, -0.15) is 0 Å². The van der Waals surface area contributed by atoms with Crippen LogP contribution in [0.4, 0.5) is 0 Å². The number of hydrogen-bond acceptors (Lipinski definition) is 3.